The van der Waals surface area contributed by atoms with Crippen LogP contribution in [0.5, 0.6) is 0 Å². The molecule has 17 heavy (non-hydrogen) atoms. The molecule has 0 aromatic heterocycles. The van der Waals surface area contributed by atoms with Crippen LogP contribution in [0.15, 0.2) is 24.3 Å². The highest BCUT2D eigenvalue weighted by Crippen LogP contribution is 2.09. The average molecular weight is 236 g/mol. The van der Waals surface area contributed by atoms with Crippen LogP contribution in [0.1, 0.15) is 31.7 Å². The molecule has 0 saturated heterocycles. The number of benzene rings is 1. The summed E-state index contributed by atoms with van der Waals surface area (Å²) in [7, 11) is 0. The van der Waals surface area contributed by atoms with Crippen LogP contribution in [-0.4, -0.2) is 19.8 Å². The third-order valence-corrected chi connectivity index (χ3v) is 2.66. The molecule has 3 N–H and O–H groups in total. The van der Waals surface area contributed by atoms with Crippen molar-refractivity contribution in [1.29, 1.82) is 0 Å². The lowest BCUT2D eigenvalue weighted by Gasteiger charge is -2.07. The molecule has 0 heterocycles. The Labute approximate surface area is 104 Å². The molecule has 0 aliphatic rings. The molecular weight excluding hydrogens is 212 g/mol. The van der Waals surface area contributed by atoms with Gasteiger partial charge < -0.3 is 15.8 Å². The van der Waals surface area contributed by atoms with E-state index in [-0.39, 0.29) is 0 Å². The van der Waals surface area contributed by atoms with Crippen LogP contribution in [0, 0.1) is 0 Å². The van der Waals surface area contributed by atoms with Crippen molar-refractivity contribution in [2.24, 2.45) is 0 Å². The van der Waals surface area contributed by atoms with Crippen LogP contribution in [0.2, 0.25) is 0 Å². The molecule has 0 amide bonds. The van der Waals surface area contributed by atoms with Crippen LogP contribution in [0.25, 0.3) is 0 Å². The van der Waals surface area contributed by atoms with E-state index >= 15 is 0 Å². The predicted molar refractivity (Wildman–Crippen MR) is 72.9 cm³/mol. The van der Waals surface area contributed by atoms with E-state index in [1.807, 2.05) is 18.2 Å². The first-order valence-electron chi connectivity index (χ1n) is 6.46. The molecule has 3 heteroatoms. The SMILES string of the molecule is CCCCOCCCNCc1ccccc1N. The van der Waals surface area contributed by atoms with Crippen LogP contribution < -0.4 is 11.1 Å². The topological polar surface area (TPSA) is 47.3 Å². The van der Waals surface area contributed by atoms with E-state index in [1.54, 1.807) is 0 Å². The van der Waals surface area contributed by atoms with E-state index in [0.717, 1.165) is 44.8 Å². The smallest absolute Gasteiger partial charge is 0.0478 e. The molecule has 0 bridgehead atoms. The van der Waals surface area contributed by atoms with Crippen molar-refractivity contribution < 1.29 is 4.74 Å². The minimum atomic E-state index is 0.835. The summed E-state index contributed by atoms with van der Waals surface area (Å²) >= 11 is 0. The number of nitrogens with one attached hydrogen (secondary N) is 1. The fourth-order valence-electron chi connectivity index (χ4n) is 1.57. The molecule has 0 radical (unpaired) electrons. The largest absolute Gasteiger partial charge is 0.398 e. The van der Waals surface area contributed by atoms with E-state index < -0.39 is 0 Å². The van der Waals surface area contributed by atoms with E-state index in [0.29, 0.717) is 0 Å². The highest BCUT2D eigenvalue weighted by molar-refractivity contribution is 5.46. The van der Waals surface area contributed by atoms with E-state index in [2.05, 4.69) is 18.3 Å². The first kappa shape index (κ1) is 14.0. The molecule has 1 aromatic carbocycles. The molecule has 0 spiro atoms. The van der Waals surface area contributed by atoms with Crippen LogP contribution in [0.4, 0.5) is 5.69 Å². The van der Waals surface area contributed by atoms with Gasteiger partial charge in [0.1, 0.15) is 0 Å². The molecule has 0 atom stereocenters. The van der Waals surface area contributed by atoms with E-state index in [9.17, 15) is 0 Å². The quantitative estimate of drug-likeness (QED) is 0.512. The number of unbranched alkanes of at least 4 members (excludes halogenated alkanes) is 1. The Morgan fingerprint density at radius 2 is 1.94 bits per heavy atom. The molecule has 0 fully saturated rings. The van der Waals surface area contributed by atoms with Gasteiger partial charge in [-0.3, -0.25) is 0 Å². The van der Waals surface area contributed by atoms with Crippen molar-refractivity contribution in [3.63, 3.8) is 0 Å². The number of ether oxygens (including phenoxy) is 1. The summed E-state index contributed by atoms with van der Waals surface area (Å²) in [5, 5.41) is 3.37. The fraction of sp³-hybridized carbons (Fsp3) is 0.571. The van der Waals surface area contributed by atoms with Crippen molar-refractivity contribution in [2.45, 2.75) is 32.7 Å². The summed E-state index contributed by atoms with van der Waals surface area (Å²) in [5.41, 5.74) is 7.88. The third kappa shape index (κ3) is 6.29. The lowest BCUT2D eigenvalue weighted by molar-refractivity contribution is 0.129. The maximum Gasteiger partial charge on any atom is 0.0478 e. The number of rotatable bonds is 9. The lowest BCUT2D eigenvalue weighted by atomic mass is 10.2. The number of nitrogen functional groups attached to an aromatic ring is 1. The van der Waals surface area contributed by atoms with E-state index in [1.165, 1.54) is 12.0 Å². The molecule has 0 saturated carbocycles. The van der Waals surface area contributed by atoms with Gasteiger partial charge in [0.15, 0.2) is 0 Å². The van der Waals surface area contributed by atoms with Crippen molar-refractivity contribution in [3.8, 4) is 0 Å². The van der Waals surface area contributed by atoms with E-state index in [4.69, 9.17) is 10.5 Å². The minimum Gasteiger partial charge on any atom is -0.398 e. The first-order chi connectivity index (χ1) is 8.34. The zero-order valence-electron chi connectivity index (χ0n) is 10.7. The summed E-state index contributed by atoms with van der Waals surface area (Å²) in [5.74, 6) is 0. The normalized spacial score (nSPS) is 10.6. The Bertz CT molecular complexity index is 302. The van der Waals surface area contributed by atoms with Gasteiger partial charge in [0.2, 0.25) is 0 Å². The number of nitrogens with two attached hydrogens (primary N) is 1. The highest BCUT2D eigenvalue weighted by Gasteiger charge is 1.96. The Kier molecular flexibility index (Phi) is 7.43. The lowest BCUT2D eigenvalue weighted by Crippen LogP contribution is -2.17. The second kappa shape index (κ2) is 9.02. The van der Waals surface area contributed by atoms with Gasteiger partial charge in [0, 0.05) is 25.4 Å². The molecule has 1 aromatic rings. The van der Waals surface area contributed by atoms with Gasteiger partial charge >= 0.3 is 0 Å². The minimum absolute atomic E-state index is 0.835. The van der Waals surface area contributed by atoms with Crippen molar-refractivity contribution >= 4 is 5.69 Å². The second-order valence-electron chi connectivity index (χ2n) is 4.20. The summed E-state index contributed by atoms with van der Waals surface area (Å²) in [4.78, 5) is 0. The van der Waals surface area contributed by atoms with Gasteiger partial charge in [0.25, 0.3) is 0 Å². The van der Waals surface area contributed by atoms with Crippen LogP contribution in [-0.2, 0) is 11.3 Å². The monoisotopic (exact) mass is 236 g/mol. The van der Waals surface area contributed by atoms with Gasteiger partial charge in [-0.15, -0.1) is 0 Å². The number of para-hydroxylation sites is 1. The van der Waals surface area contributed by atoms with Gasteiger partial charge in [0.05, 0.1) is 0 Å². The zero-order valence-corrected chi connectivity index (χ0v) is 10.7. The molecule has 0 aliphatic heterocycles. The molecule has 0 unspecified atom stereocenters. The molecule has 1 rings (SSSR count). The van der Waals surface area contributed by atoms with Gasteiger partial charge in [-0.2, -0.15) is 0 Å². The number of anilines is 1. The Morgan fingerprint density at radius 1 is 1.18 bits per heavy atom. The van der Waals surface area contributed by atoms with Crippen LogP contribution in [0.3, 0.4) is 0 Å². The summed E-state index contributed by atoms with van der Waals surface area (Å²) in [6.45, 7) is 5.72. The van der Waals surface area contributed by atoms with Crippen molar-refractivity contribution in [2.75, 3.05) is 25.5 Å². The summed E-state index contributed by atoms with van der Waals surface area (Å²) in [6, 6.07) is 7.96. The molecule has 96 valence electrons. The van der Waals surface area contributed by atoms with Crippen molar-refractivity contribution in [3.05, 3.63) is 29.8 Å². The maximum absolute atomic E-state index is 5.85. The van der Waals surface area contributed by atoms with Crippen molar-refractivity contribution in [1.82, 2.24) is 5.32 Å². The fourth-order valence-corrected chi connectivity index (χ4v) is 1.57. The Balaban J connectivity index is 1.99. The third-order valence-electron chi connectivity index (χ3n) is 2.66. The maximum atomic E-state index is 5.85. The highest BCUT2D eigenvalue weighted by atomic mass is 16.5. The average Bonchev–Trinajstić information content (AvgIpc) is 2.35. The summed E-state index contributed by atoms with van der Waals surface area (Å²) in [6.07, 6.45) is 3.41. The van der Waals surface area contributed by atoms with Gasteiger partial charge in [-0.05, 0) is 31.0 Å². The molecule has 0 aliphatic carbocycles. The number of hydrogen-bond acceptors (Lipinski definition) is 3. The molecule has 3 nitrogen and oxygen atoms in total. The Morgan fingerprint density at radius 3 is 2.71 bits per heavy atom. The number of hydrogen-bond donors (Lipinski definition) is 2. The van der Waals surface area contributed by atoms with Gasteiger partial charge in [-0.1, -0.05) is 31.5 Å². The predicted octanol–water partition coefficient (Wildman–Crippen LogP) is 2.57. The first-order valence-corrected chi connectivity index (χ1v) is 6.46. The van der Waals surface area contributed by atoms with Crippen LogP contribution >= 0.6 is 0 Å². The Hall–Kier alpha value is -1.06. The summed E-state index contributed by atoms with van der Waals surface area (Å²) < 4.78 is 5.49. The second-order valence-corrected chi connectivity index (χ2v) is 4.20. The standard InChI is InChI=1S/C14H24N2O/c1-2-3-10-17-11-6-9-16-12-13-7-4-5-8-14(13)15/h4-5,7-8,16H,2-3,6,9-12,15H2,1H3. The van der Waals surface area contributed by atoms with Gasteiger partial charge in [-0.25, -0.2) is 0 Å². The zero-order chi connectivity index (χ0) is 12.3. The molecular formula is C14H24N2O.